The first-order valence-electron chi connectivity index (χ1n) is 13.2. The minimum Gasteiger partial charge on any atom is -0.354 e. The van der Waals surface area contributed by atoms with E-state index >= 15 is 0 Å². The van der Waals surface area contributed by atoms with E-state index in [1.807, 2.05) is 6.92 Å². The van der Waals surface area contributed by atoms with Gasteiger partial charge in [0.05, 0.1) is 0 Å². The van der Waals surface area contributed by atoms with E-state index in [4.69, 9.17) is 4.99 Å². The quantitative estimate of drug-likeness (QED) is 0.221. The first kappa shape index (κ1) is 30.1. The van der Waals surface area contributed by atoms with E-state index in [2.05, 4.69) is 88.7 Å². The number of aliphatic imine (C=N–C) groups is 1. The SMILES string of the molecule is C=C1CCCC(N(C)CC(=C\CC)/C=C(\N=C(C)C)N2CCN(C)CC2)/C1=C(/C)CC.C=CC. The third-order valence-electron chi connectivity index (χ3n) is 6.57. The third-order valence-corrected chi connectivity index (χ3v) is 6.57. The molecule has 2 rings (SSSR count). The predicted molar refractivity (Wildman–Crippen MR) is 153 cm³/mol. The fourth-order valence-corrected chi connectivity index (χ4v) is 4.70. The van der Waals surface area contributed by atoms with Crippen molar-refractivity contribution in [2.24, 2.45) is 4.99 Å². The van der Waals surface area contributed by atoms with Crippen LogP contribution in [0.4, 0.5) is 0 Å². The molecular formula is C30H52N4. The molecule has 0 amide bonds. The summed E-state index contributed by atoms with van der Waals surface area (Å²) in [4.78, 5) is 12.3. The Morgan fingerprint density at radius 2 is 1.76 bits per heavy atom. The maximum atomic E-state index is 4.94. The van der Waals surface area contributed by atoms with E-state index in [0.717, 1.165) is 63.5 Å². The monoisotopic (exact) mass is 468 g/mol. The van der Waals surface area contributed by atoms with Gasteiger partial charge in [-0.3, -0.25) is 4.90 Å². The second kappa shape index (κ2) is 15.9. The van der Waals surface area contributed by atoms with Crippen LogP contribution < -0.4 is 0 Å². The summed E-state index contributed by atoms with van der Waals surface area (Å²) in [5, 5.41) is 0. The zero-order chi connectivity index (χ0) is 25.7. The Kier molecular flexibility index (Phi) is 14.1. The summed E-state index contributed by atoms with van der Waals surface area (Å²) in [6, 6.07) is 0.471. The number of likely N-dealkylation sites (N-methyl/N-ethyl adjacent to an activating group) is 2. The van der Waals surface area contributed by atoms with Gasteiger partial charge >= 0.3 is 0 Å². The highest BCUT2D eigenvalue weighted by atomic mass is 15.3. The number of rotatable bonds is 8. The van der Waals surface area contributed by atoms with E-state index in [-0.39, 0.29) is 0 Å². The van der Waals surface area contributed by atoms with Gasteiger partial charge in [0, 0.05) is 44.5 Å². The van der Waals surface area contributed by atoms with Gasteiger partial charge in [0.25, 0.3) is 0 Å². The van der Waals surface area contributed by atoms with Gasteiger partial charge in [-0.2, -0.15) is 0 Å². The Labute approximate surface area is 211 Å². The van der Waals surface area contributed by atoms with Gasteiger partial charge in [-0.25, -0.2) is 4.99 Å². The molecule has 0 aromatic carbocycles. The van der Waals surface area contributed by atoms with Crippen LogP contribution >= 0.6 is 0 Å². The van der Waals surface area contributed by atoms with E-state index in [0.29, 0.717) is 6.04 Å². The third kappa shape index (κ3) is 9.76. The molecule has 1 heterocycles. The molecule has 0 aromatic rings. The van der Waals surface area contributed by atoms with E-state index < -0.39 is 0 Å². The highest BCUT2D eigenvalue weighted by Gasteiger charge is 2.27. The van der Waals surface area contributed by atoms with Gasteiger partial charge in [-0.15, -0.1) is 6.58 Å². The molecule has 0 radical (unpaired) electrons. The Morgan fingerprint density at radius 3 is 2.29 bits per heavy atom. The molecular weight excluding hydrogens is 416 g/mol. The lowest BCUT2D eigenvalue weighted by Crippen LogP contribution is -2.43. The lowest BCUT2D eigenvalue weighted by molar-refractivity contribution is 0.185. The zero-order valence-electron chi connectivity index (χ0n) is 23.6. The average Bonchev–Trinajstić information content (AvgIpc) is 2.78. The minimum absolute atomic E-state index is 0.471. The molecule has 1 saturated heterocycles. The molecule has 0 bridgehead atoms. The van der Waals surface area contributed by atoms with E-state index in [9.17, 15) is 0 Å². The summed E-state index contributed by atoms with van der Waals surface area (Å²) >= 11 is 0. The van der Waals surface area contributed by atoms with E-state index in [1.54, 1.807) is 6.08 Å². The highest BCUT2D eigenvalue weighted by molar-refractivity contribution is 5.80. The molecule has 1 aliphatic heterocycles. The average molecular weight is 469 g/mol. The number of piperazine rings is 1. The summed E-state index contributed by atoms with van der Waals surface area (Å²) in [6.45, 7) is 25.9. The zero-order valence-corrected chi connectivity index (χ0v) is 23.6. The van der Waals surface area contributed by atoms with Crippen LogP contribution in [-0.2, 0) is 0 Å². The standard InChI is InChI=1S/C27H46N4.C3H6/c1-9-12-24(19-26(28-21(3)4)31-17-15-29(7)16-18-31)20-30(8)25-14-11-13-23(6)27(25)22(5)10-2;1-3-2/h12,19,25H,6,9-11,13-18,20H2,1-5,7-8H3;3H,1H2,2H3/b24-12-,26-19+,27-22-;. The number of nitrogens with zero attached hydrogens (tertiary/aromatic N) is 4. The van der Waals surface area contributed by atoms with Crippen LogP contribution in [0.15, 0.2) is 64.5 Å². The van der Waals surface area contributed by atoms with E-state index in [1.165, 1.54) is 35.1 Å². The van der Waals surface area contributed by atoms with Gasteiger partial charge in [0.15, 0.2) is 0 Å². The van der Waals surface area contributed by atoms with Crippen LogP contribution in [0, 0.1) is 0 Å². The van der Waals surface area contributed by atoms with Crippen LogP contribution in [0.25, 0.3) is 0 Å². The summed E-state index contributed by atoms with van der Waals surface area (Å²) in [6.07, 6.45) is 12.2. The highest BCUT2D eigenvalue weighted by Crippen LogP contribution is 2.34. The molecule has 4 heteroatoms. The maximum absolute atomic E-state index is 4.94. The fraction of sp³-hybridized carbons (Fsp3) is 0.633. The summed E-state index contributed by atoms with van der Waals surface area (Å²) in [5.41, 5.74) is 6.85. The number of allylic oxidation sites excluding steroid dienone is 3. The molecule has 2 fully saturated rings. The molecule has 192 valence electrons. The summed E-state index contributed by atoms with van der Waals surface area (Å²) in [5.74, 6) is 1.12. The van der Waals surface area contributed by atoms with Crippen molar-refractivity contribution in [2.45, 2.75) is 79.7 Å². The second-order valence-corrected chi connectivity index (χ2v) is 9.92. The van der Waals surface area contributed by atoms with Crippen molar-refractivity contribution in [3.63, 3.8) is 0 Å². The van der Waals surface area contributed by atoms with Crippen LogP contribution in [0.3, 0.4) is 0 Å². The molecule has 34 heavy (non-hydrogen) atoms. The largest absolute Gasteiger partial charge is 0.354 e. The molecule has 1 atom stereocenters. The normalized spacial score (nSPS) is 21.7. The molecule has 2 aliphatic rings. The van der Waals surface area contributed by atoms with Gasteiger partial charge in [0.1, 0.15) is 5.82 Å². The lowest BCUT2D eigenvalue weighted by Gasteiger charge is -2.37. The molecule has 0 spiro atoms. The van der Waals surface area contributed by atoms with Crippen molar-refractivity contribution in [2.75, 3.05) is 46.8 Å². The molecule has 1 aliphatic carbocycles. The van der Waals surface area contributed by atoms with Crippen LogP contribution in [0.1, 0.15) is 73.6 Å². The van der Waals surface area contributed by atoms with Crippen molar-refractivity contribution in [3.05, 3.63) is 59.5 Å². The smallest absolute Gasteiger partial charge is 0.128 e. The van der Waals surface area contributed by atoms with Gasteiger partial charge in [0.2, 0.25) is 0 Å². The predicted octanol–water partition coefficient (Wildman–Crippen LogP) is 6.85. The second-order valence-electron chi connectivity index (χ2n) is 9.92. The first-order valence-corrected chi connectivity index (χ1v) is 13.2. The van der Waals surface area contributed by atoms with Crippen molar-refractivity contribution in [1.29, 1.82) is 0 Å². The molecule has 0 N–H and O–H groups in total. The molecule has 1 saturated carbocycles. The van der Waals surface area contributed by atoms with Crippen LogP contribution in [0.2, 0.25) is 0 Å². The topological polar surface area (TPSA) is 22.1 Å². The number of hydrogen-bond acceptors (Lipinski definition) is 4. The van der Waals surface area contributed by atoms with Crippen molar-refractivity contribution in [3.8, 4) is 0 Å². The van der Waals surface area contributed by atoms with Gasteiger partial charge in [-0.05, 0) is 91.1 Å². The summed E-state index contributed by atoms with van der Waals surface area (Å²) in [7, 11) is 4.49. The molecule has 1 unspecified atom stereocenters. The number of hydrogen-bond donors (Lipinski definition) is 0. The van der Waals surface area contributed by atoms with Gasteiger partial charge < -0.3 is 9.80 Å². The van der Waals surface area contributed by atoms with Crippen LogP contribution in [0.5, 0.6) is 0 Å². The Morgan fingerprint density at radius 1 is 1.15 bits per heavy atom. The van der Waals surface area contributed by atoms with Crippen LogP contribution in [-0.4, -0.2) is 73.3 Å². The molecule has 0 aromatic heterocycles. The van der Waals surface area contributed by atoms with Gasteiger partial charge in [-0.1, -0.05) is 43.7 Å². The van der Waals surface area contributed by atoms with Crippen molar-refractivity contribution < 1.29 is 0 Å². The maximum Gasteiger partial charge on any atom is 0.128 e. The van der Waals surface area contributed by atoms with Crippen molar-refractivity contribution >= 4 is 5.71 Å². The Balaban J connectivity index is 0.00000182. The Hall–Kier alpha value is -1.91. The summed E-state index contributed by atoms with van der Waals surface area (Å²) < 4.78 is 0. The fourth-order valence-electron chi connectivity index (χ4n) is 4.70. The lowest BCUT2D eigenvalue weighted by atomic mass is 9.82. The Bertz CT molecular complexity index is 772. The first-order chi connectivity index (χ1) is 16.2. The van der Waals surface area contributed by atoms with Crippen molar-refractivity contribution in [1.82, 2.24) is 14.7 Å². The minimum atomic E-state index is 0.471. The molecule has 4 nitrogen and oxygen atoms in total.